The zero-order chi connectivity index (χ0) is 14.0. The molecule has 0 atom stereocenters. The van der Waals surface area contributed by atoms with Crippen LogP contribution in [0, 0.1) is 6.92 Å². The van der Waals surface area contributed by atoms with E-state index in [0.717, 1.165) is 5.56 Å². The van der Waals surface area contributed by atoms with Gasteiger partial charge >= 0.3 is 5.97 Å². The van der Waals surface area contributed by atoms with Gasteiger partial charge in [0.15, 0.2) is 5.69 Å². The molecule has 6 heteroatoms. The van der Waals surface area contributed by atoms with Crippen LogP contribution < -0.4 is 5.73 Å². The summed E-state index contributed by atoms with van der Waals surface area (Å²) < 4.78 is 6.39. The van der Waals surface area contributed by atoms with Crippen molar-refractivity contribution >= 4 is 23.4 Å². The van der Waals surface area contributed by atoms with Gasteiger partial charge in [0.1, 0.15) is 11.6 Å². The summed E-state index contributed by atoms with van der Waals surface area (Å²) >= 11 is 5.94. The maximum atomic E-state index is 11.5. The highest BCUT2D eigenvalue weighted by Crippen LogP contribution is 2.18. The standard InChI is InChI=1S/C13H14ClN3O2/c1-8-16-11(13(18)19-2)12(15)17(8)7-9-4-3-5-10(14)6-9/h3-6H,7,15H2,1-2H3. The van der Waals surface area contributed by atoms with Gasteiger partial charge in [0.05, 0.1) is 13.7 Å². The van der Waals surface area contributed by atoms with Gasteiger partial charge in [-0.25, -0.2) is 9.78 Å². The Labute approximate surface area is 116 Å². The number of carbonyl (C=O) groups is 1. The van der Waals surface area contributed by atoms with Gasteiger partial charge < -0.3 is 15.0 Å². The molecule has 1 aromatic carbocycles. The first-order chi connectivity index (χ1) is 9.02. The van der Waals surface area contributed by atoms with Crippen LogP contribution in [0.25, 0.3) is 0 Å². The van der Waals surface area contributed by atoms with E-state index in [9.17, 15) is 4.79 Å². The van der Waals surface area contributed by atoms with E-state index in [0.29, 0.717) is 23.2 Å². The third kappa shape index (κ3) is 2.71. The van der Waals surface area contributed by atoms with E-state index in [-0.39, 0.29) is 5.69 Å². The lowest BCUT2D eigenvalue weighted by atomic mass is 10.2. The molecular weight excluding hydrogens is 266 g/mol. The fraction of sp³-hybridized carbons (Fsp3) is 0.231. The van der Waals surface area contributed by atoms with Gasteiger partial charge in [-0.1, -0.05) is 23.7 Å². The van der Waals surface area contributed by atoms with Crippen molar-refractivity contribution in [3.05, 3.63) is 46.4 Å². The minimum absolute atomic E-state index is 0.141. The van der Waals surface area contributed by atoms with Crippen LogP contribution in [0.2, 0.25) is 5.02 Å². The maximum Gasteiger partial charge on any atom is 0.360 e. The first-order valence-corrected chi connectivity index (χ1v) is 6.06. The molecule has 0 saturated heterocycles. The van der Waals surface area contributed by atoms with Crippen molar-refractivity contribution in [2.24, 2.45) is 0 Å². The average Bonchev–Trinajstić information content (AvgIpc) is 2.66. The van der Waals surface area contributed by atoms with Crippen molar-refractivity contribution in [3.8, 4) is 0 Å². The molecule has 0 aliphatic carbocycles. The number of anilines is 1. The van der Waals surface area contributed by atoms with Crippen LogP contribution in [0.5, 0.6) is 0 Å². The quantitative estimate of drug-likeness (QED) is 0.875. The van der Waals surface area contributed by atoms with Crippen molar-refractivity contribution in [2.75, 3.05) is 12.8 Å². The van der Waals surface area contributed by atoms with Gasteiger partial charge in [-0.05, 0) is 24.6 Å². The summed E-state index contributed by atoms with van der Waals surface area (Å²) in [6.45, 7) is 2.29. The Morgan fingerprint density at radius 1 is 1.53 bits per heavy atom. The van der Waals surface area contributed by atoms with E-state index < -0.39 is 5.97 Å². The molecule has 0 saturated carbocycles. The van der Waals surface area contributed by atoms with Crippen molar-refractivity contribution in [1.29, 1.82) is 0 Å². The second-order valence-electron chi connectivity index (χ2n) is 4.10. The van der Waals surface area contributed by atoms with Crippen LogP contribution in [-0.4, -0.2) is 22.6 Å². The molecule has 2 N–H and O–H groups in total. The summed E-state index contributed by atoms with van der Waals surface area (Å²) in [7, 11) is 1.30. The summed E-state index contributed by atoms with van der Waals surface area (Å²) in [6.07, 6.45) is 0. The number of hydrogen-bond acceptors (Lipinski definition) is 4. The number of imidazole rings is 1. The fourth-order valence-corrected chi connectivity index (χ4v) is 2.06. The lowest BCUT2D eigenvalue weighted by Gasteiger charge is -2.08. The molecule has 2 rings (SSSR count). The minimum atomic E-state index is -0.537. The van der Waals surface area contributed by atoms with E-state index in [1.165, 1.54) is 7.11 Å². The molecule has 0 aliphatic heterocycles. The van der Waals surface area contributed by atoms with Crippen LogP contribution in [0.4, 0.5) is 5.82 Å². The SMILES string of the molecule is COC(=O)c1nc(C)n(Cc2cccc(Cl)c2)c1N. The molecule has 1 heterocycles. The van der Waals surface area contributed by atoms with Crippen molar-refractivity contribution in [2.45, 2.75) is 13.5 Å². The Kier molecular flexibility index (Phi) is 3.76. The highest BCUT2D eigenvalue weighted by atomic mass is 35.5. The maximum absolute atomic E-state index is 11.5. The van der Waals surface area contributed by atoms with E-state index >= 15 is 0 Å². The third-order valence-corrected chi connectivity index (χ3v) is 3.04. The lowest BCUT2D eigenvalue weighted by molar-refractivity contribution is 0.0595. The molecule has 0 spiro atoms. The molecule has 2 aromatic rings. The molecule has 19 heavy (non-hydrogen) atoms. The smallest absolute Gasteiger partial charge is 0.360 e. The van der Waals surface area contributed by atoms with Crippen LogP contribution >= 0.6 is 11.6 Å². The first kappa shape index (κ1) is 13.4. The third-order valence-electron chi connectivity index (χ3n) is 2.81. The Hall–Kier alpha value is -2.01. The highest BCUT2D eigenvalue weighted by Gasteiger charge is 2.19. The largest absolute Gasteiger partial charge is 0.464 e. The number of nitrogens with two attached hydrogens (primary N) is 1. The number of benzene rings is 1. The van der Waals surface area contributed by atoms with E-state index in [4.69, 9.17) is 17.3 Å². The van der Waals surface area contributed by atoms with Gasteiger partial charge in [-0.15, -0.1) is 0 Å². The number of rotatable bonds is 3. The average molecular weight is 280 g/mol. The van der Waals surface area contributed by atoms with Crippen molar-refractivity contribution < 1.29 is 9.53 Å². The Bertz CT molecular complexity index is 622. The number of ether oxygens (including phenoxy) is 1. The number of aryl methyl sites for hydroxylation is 1. The van der Waals surface area contributed by atoms with Gasteiger partial charge in [0.25, 0.3) is 0 Å². The minimum Gasteiger partial charge on any atom is -0.464 e. The predicted octanol–water partition coefficient (Wildman–Crippen LogP) is 2.26. The summed E-state index contributed by atoms with van der Waals surface area (Å²) in [5, 5.41) is 0.655. The van der Waals surface area contributed by atoms with Crippen molar-refractivity contribution in [3.63, 3.8) is 0 Å². The zero-order valence-corrected chi connectivity index (χ0v) is 11.4. The van der Waals surface area contributed by atoms with Crippen molar-refractivity contribution in [1.82, 2.24) is 9.55 Å². The summed E-state index contributed by atoms with van der Waals surface area (Å²) in [5.41, 5.74) is 7.06. The number of esters is 1. The number of nitrogen functional groups attached to an aromatic ring is 1. The Morgan fingerprint density at radius 3 is 2.89 bits per heavy atom. The van der Waals surface area contributed by atoms with Gasteiger partial charge in [0.2, 0.25) is 0 Å². The molecule has 0 unspecified atom stereocenters. The summed E-state index contributed by atoms with van der Waals surface area (Å²) in [6, 6.07) is 7.44. The second-order valence-corrected chi connectivity index (χ2v) is 4.54. The van der Waals surface area contributed by atoms with Crippen LogP contribution in [0.3, 0.4) is 0 Å². The number of halogens is 1. The molecule has 100 valence electrons. The van der Waals surface area contributed by atoms with Crippen LogP contribution in [0.1, 0.15) is 21.9 Å². The summed E-state index contributed by atoms with van der Waals surface area (Å²) in [5.74, 6) is 0.410. The van der Waals surface area contributed by atoms with E-state index in [2.05, 4.69) is 9.72 Å². The zero-order valence-electron chi connectivity index (χ0n) is 10.7. The topological polar surface area (TPSA) is 70.1 Å². The molecule has 1 aromatic heterocycles. The van der Waals surface area contributed by atoms with E-state index in [1.807, 2.05) is 18.2 Å². The van der Waals surface area contributed by atoms with Gasteiger partial charge in [-0.2, -0.15) is 0 Å². The number of nitrogens with zero attached hydrogens (tertiary/aromatic N) is 2. The highest BCUT2D eigenvalue weighted by molar-refractivity contribution is 6.30. The predicted molar refractivity (Wildman–Crippen MR) is 73.3 cm³/mol. The number of hydrogen-bond donors (Lipinski definition) is 1. The number of carbonyl (C=O) groups excluding carboxylic acids is 1. The number of aromatic nitrogens is 2. The second kappa shape index (κ2) is 5.32. The van der Waals surface area contributed by atoms with E-state index in [1.54, 1.807) is 17.6 Å². The fourth-order valence-electron chi connectivity index (χ4n) is 1.85. The normalized spacial score (nSPS) is 10.5. The molecule has 0 aliphatic rings. The van der Waals surface area contributed by atoms with Crippen LogP contribution in [0.15, 0.2) is 24.3 Å². The van der Waals surface area contributed by atoms with Gasteiger partial charge in [-0.3, -0.25) is 0 Å². The molecule has 0 bridgehead atoms. The van der Waals surface area contributed by atoms with Crippen LogP contribution in [-0.2, 0) is 11.3 Å². The molecule has 0 radical (unpaired) electrons. The van der Waals surface area contributed by atoms with Gasteiger partial charge in [0, 0.05) is 5.02 Å². The summed E-state index contributed by atoms with van der Waals surface area (Å²) in [4.78, 5) is 15.6. The molecule has 0 fully saturated rings. The molecule has 0 amide bonds. The Balaban J connectivity index is 2.36. The Morgan fingerprint density at radius 2 is 2.26 bits per heavy atom. The molecule has 5 nitrogen and oxygen atoms in total. The first-order valence-electron chi connectivity index (χ1n) is 5.68. The molecular formula is C13H14ClN3O2. The monoisotopic (exact) mass is 279 g/mol. The lowest BCUT2D eigenvalue weighted by Crippen LogP contribution is -2.09. The number of methoxy groups -OCH3 is 1.